The second-order valence-electron chi connectivity index (χ2n) is 2.79. The molecule has 0 aliphatic carbocycles. The third kappa shape index (κ3) is 1.84. The Labute approximate surface area is 81.4 Å². The van der Waals surface area contributed by atoms with Crippen LogP contribution in [0.1, 0.15) is 15.9 Å². The molecule has 1 aromatic rings. The van der Waals surface area contributed by atoms with Crippen LogP contribution < -0.4 is 4.74 Å². The Morgan fingerprint density at radius 3 is 2.50 bits per heavy atom. The van der Waals surface area contributed by atoms with Gasteiger partial charge in [-0.05, 0) is 24.6 Å². The molecule has 14 heavy (non-hydrogen) atoms. The first-order chi connectivity index (χ1) is 6.60. The van der Waals surface area contributed by atoms with Crippen molar-refractivity contribution in [1.29, 1.82) is 0 Å². The van der Waals surface area contributed by atoms with E-state index < -0.39 is 11.8 Å². The molecule has 0 saturated carbocycles. The molecule has 0 heterocycles. The number of rotatable bonds is 2. The summed E-state index contributed by atoms with van der Waals surface area (Å²) in [5.41, 5.74) is 0.521. The smallest absolute Gasteiger partial charge is 0.341 e. The van der Waals surface area contributed by atoms with Crippen LogP contribution in [0, 0.1) is 12.7 Å². The molecule has 1 aromatic carbocycles. The number of carbonyl (C=O) groups excluding carboxylic acids is 1. The molecular weight excluding hydrogens is 187 g/mol. The summed E-state index contributed by atoms with van der Waals surface area (Å²) < 4.78 is 22.6. The molecule has 0 bridgehead atoms. The van der Waals surface area contributed by atoms with Gasteiger partial charge in [-0.15, -0.1) is 0 Å². The van der Waals surface area contributed by atoms with E-state index in [1.807, 2.05) is 0 Å². The molecule has 0 radical (unpaired) electrons. The second kappa shape index (κ2) is 4.09. The van der Waals surface area contributed by atoms with Gasteiger partial charge in [0.2, 0.25) is 0 Å². The van der Waals surface area contributed by atoms with Crippen LogP contribution >= 0.6 is 0 Å². The minimum atomic E-state index is -0.610. The van der Waals surface area contributed by atoms with Crippen LogP contribution in [0.25, 0.3) is 0 Å². The largest absolute Gasteiger partial charge is 0.496 e. The Balaban J connectivity index is 3.27. The first-order valence-corrected chi connectivity index (χ1v) is 4.02. The van der Waals surface area contributed by atoms with Crippen molar-refractivity contribution in [2.75, 3.05) is 14.2 Å². The van der Waals surface area contributed by atoms with Gasteiger partial charge in [-0.1, -0.05) is 0 Å². The van der Waals surface area contributed by atoms with Gasteiger partial charge in [-0.25, -0.2) is 9.18 Å². The Morgan fingerprint density at radius 1 is 1.36 bits per heavy atom. The summed E-state index contributed by atoms with van der Waals surface area (Å²) in [4.78, 5) is 11.2. The van der Waals surface area contributed by atoms with E-state index in [9.17, 15) is 9.18 Å². The van der Waals surface area contributed by atoms with Crippen molar-refractivity contribution in [3.63, 3.8) is 0 Å². The first kappa shape index (κ1) is 10.5. The van der Waals surface area contributed by atoms with E-state index >= 15 is 0 Å². The number of esters is 1. The van der Waals surface area contributed by atoms with Crippen molar-refractivity contribution in [3.8, 4) is 5.75 Å². The molecule has 0 atom stereocenters. The van der Waals surface area contributed by atoms with E-state index in [2.05, 4.69) is 4.74 Å². The quantitative estimate of drug-likeness (QED) is 0.681. The fraction of sp³-hybridized carbons (Fsp3) is 0.300. The molecule has 0 unspecified atom stereocenters. The highest BCUT2D eigenvalue weighted by atomic mass is 19.1. The normalized spacial score (nSPS) is 9.71. The van der Waals surface area contributed by atoms with Crippen LogP contribution in [0.15, 0.2) is 12.1 Å². The standard InChI is InChI=1S/C10H11FO3/c1-6-4-9(13-2)7(5-8(6)11)10(12)14-3/h4-5H,1-3H3. The monoisotopic (exact) mass is 198 g/mol. The van der Waals surface area contributed by atoms with Crippen molar-refractivity contribution >= 4 is 5.97 Å². The molecule has 0 N–H and O–H groups in total. The van der Waals surface area contributed by atoms with Crippen molar-refractivity contribution in [3.05, 3.63) is 29.1 Å². The van der Waals surface area contributed by atoms with E-state index in [0.717, 1.165) is 6.07 Å². The Bertz CT molecular complexity index is 361. The number of hydrogen-bond acceptors (Lipinski definition) is 3. The number of hydrogen-bond donors (Lipinski definition) is 0. The predicted molar refractivity (Wildman–Crippen MR) is 49.0 cm³/mol. The number of ether oxygens (including phenoxy) is 2. The number of methoxy groups -OCH3 is 2. The zero-order chi connectivity index (χ0) is 10.7. The van der Waals surface area contributed by atoms with E-state index in [4.69, 9.17) is 4.74 Å². The zero-order valence-electron chi connectivity index (χ0n) is 8.26. The molecule has 0 fully saturated rings. The lowest BCUT2D eigenvalue weighted by Gasteiger charge is -2.08. The fourth-order valence-electron chi connectivity index (χ4n) is 1.09. The number of aryl methyl sites for hydroxylation is 1. The van der Waals surface area contributed by atoms with Crippen molar-refractivity contribution in [2.45, 2.75) is 6.92 Å². The van der Waals surface area contributed by atoms with Gasteiger partial charge in [-0.2, -0.15) is 0 Å². The van der Waals surface area contributed by atoms with Crippen LogP contribution in [0.5, 0.6) is 5.75 Å². The molecule has 3 nitrogen and oxygen atoms in total. The lowest BCUT2D eigenvalue weighted by molar-refractivity contribution is 0.0596. The van der Waals surface area contributed by atoms with E-state index in [-0.39, 0.29) is 5.56 Å². The van der Waals surface area contributed by atoms with Gasteiger partial charge in [0.05, 0.1) is 14.2 Å². The molecule has 1 rings (SSSR count). The highest BCUT2D eigenvalue weighted by molar-refractivity contribution is 5.92. The molecular formula is C10H11FO3. The Kier molecular flexibility index (Phi) is 3.06. The maximum atomic E-state index is 13.1. The molecule has 4 heteroatoms. The third-order valence-electron chi connectivity index (χ3n) is 1.89. The molecule has 0 amide bonds. The lowest BCUT2D eigenvalue weighted by atomic mass is 10.1. The Morgan fingerprint density at radius 2 is 2.00 bits per heavy atom. The predicted octanol–water partition coefficient (Wildman–Crippen LogP) is 1.93. The SMILES string of the molecule is COC(=O)c1cc(F)c(C)cc1OC. The molecule has 0 aromatic heterocycles. The fourth-order valence-corrected chi connectivity index (χ4v) is 1.09. The molecule has 0 saturated heterocycles. The molecule has 76 valence electrons. The van der Waals surface area contributed by atoms with Crippen molar-refractivity contribution in [2.24, 2.45) is 0 Å². The second-order valence-corrected chi connectivity index (χ2v) is 2.79. The average Bonchev–Trinajstić information content (AvgIpc) is 2.20. The molecule has 0 aliphatic rings. The molecule has 0 spiro atoms. The summed E-state index contributed by atoms with van der Waals surface area (Å²) >= 11 is 0. The summed E-state index contributed by atoms with van der Waals surface area (Å²) in [5, 5.41) is 0. The maximum absolute atomic E-state index is 13.1. The zero-order valence-corrected chi connectivity index (χ0v) is 8.26. The number of carbonyl (C=O) groups is 1. The minimum Gasteiger partial charge on any atom is -0.496 e. The van der Waals surface area contributed by atoms with E-state index in [0.29, 0.717) is 11.3 Å². The lowest BCUT2D eigenvalue weighted by Crippen LogP contribution is -2.05. The van der Waals surface area contributed by atoms with E-state index in [1.165, 1.54) is 20.3 Å². The topological polar surface area (TPSA) is 35.5 Å². The van der Waals surface area contributed by atoms with Gasteiger partial charge in [0, 0.05) is 0 Å². The number of benzene rings is 1. The van der Waals surface area contributed by atoms with Crippen molar-refractivity contribution < 1.29 is 18.7 Å². The van der Waals surface area contributed by atoms with Gasteiger partial charge in [-0.3, -0.25) is 0 Å². The van der Waals surface area contributed by atoms with Crippen molar-refractivity contribution in [1.82, 2.24) is 0 Å². The van der Waals surface area contributed by atoms with Gasteiger partial charge in [0.1, 0.15) is 17.1 Å². The van der Waals surface area contributed by atoms with Crippen LogP contribution in [-0.2, 0) is 4.74 Å². The van der Waals surface area contributed by atoms with Gasteiger partial charge in [0.25, 0.3) is 0 Å². The third-order valence-corrected chi connectivity index (χ3v) is 1.89. The summed E-state index contributed by atoms with van der Waals surface area (Å²) in [6, 6.07) is 2.57. The first-order valence-electron chi connectivity index (χ1n) is 4.02. The summed E-state index contributed by atoms with van der Waals surface area (Å²) in [5.74, 6) is -0.747. The highest BCUT2D eigenvalue weighted by Gasteiger charge is 2.15. The van der Waals surface area contributed by atoms with Crippen LogP contribution in [0.3, 0.4) is 0 Å². The van der Waals surface area contributed by atoms with E-state index in [1.54, 1.807) is 6.92 Å². The highest BCUT2D eigenvalue weighted by Crippen LogP contribution is 2.22. The summed E-state index contributed by atoms with van der Waals surface area (Å²) in [6.45, 7) is 1.60. The van der Waals surface area contributed by atoms with Gasteiger partial charge >= 0.3 is 5.97 Å². The van der Waals surface area contributed by atoms with Crippen LogP contribution in [0.4, 0.5) is 4.39 Å². The maximum Gasteiger partial charge on any atom is 0.341 e. The molecule has 0 aliphatic heterocycles. The Hall–Kier alpha value is -1.58. The summed E-state index contributed by atoms with van der Waals surface area (Å²) in [6.07, 6.45) is 0. The minimum absolute atomic E-state index is 0.0955. The van der Waals surface area contributed by atoms with Gasteiger partial charge < -0.3 is 9.47 Å². The van der Waals surface area contributed by atoms with Crippen LogP contribution in [0.2, 0.25) is 0 Å². The van der Waals surface area contributed by atoms with Crippen LogP contribution in [-0.4, -0.2) is 20.2 Å². The average molecular weight is 198 g/mol. The number of halogens is 1. The van der Waals surface area contributed by atoms with Gasteiger partial charge in [0.15, 0.2) is 0 Å². The summed E-state index contributed by atoms with van der Waals surface area (Å²) in [7, 11) is 2.65.